The first-order chi connectivity index (χ1) is 22.0. The number of halogens is 6. The minimum Gasteiger partial charge on any atom is -0.550 e. The molecule has 3 aromatic rings. The number of hydrogen-bond acceptors (Lipinski definition) is 9. The molecule has 2 N–H and O–H groups in total. The molecule has 0 saturated carbocycles. The molecule has 0 aliphatic heterocycles. The Labute approximate surface area is 289 Å². The van der Waals surface area contributed by atoms with E-state index in [4.69, 9.17) is 24.5 Å². The number of carbonyl (C=O) groups excluding carboxylic acids is 2. The van der Waals surface area contributed by atoms with E-state index in [1.165, 1.54) is 25.3 Å². The van der Waals surface area contributed by atoms with Gasteiger partial charge in [0.05, 0.1) is 29.6 Å². The van der Waals surface area contributed by atoms with Crippen molar-refractivity contribution in [1.29, 1.82) is 0 Å². The van der Waals surface area contributed by atoms with Gasteiger partial charge in [0.25, 0.3) is 0 Å². The van der Waals surface area contributed by atoms with Gasteiger partial charge in [0.1, 0.15) is 17.2 Å². The number of phenolic OH excluding ortho intramolecular Hbond substituents is 2. The Morgan fingerprint density at radius 2 is 1.06 bits per heavy atom. The van der Waals surface area contributed by atoms with Crippen molar-refractivity contribution in [3.05, 3.63) is 75.8 Å². The molecule has 16 heteroatoms. The summed E-state index contributed by atoms with van der Waals surface area (Å²) in [7, 11) is 1.38. The maximum Gasteiger partial charge on any atom is 2.00 e. The molecule has 0 aliphatic rings. The van der Waals surface area contributed by atoms with E-state index in [1.807, 2.05) is 0 Å². The second-order valence-electron chi connectivity index (χ2n) is 10.7. The Kier molecular flexibility index (Phi) is 17.1. The van der Waals surface area contributed by atoms with Crippen LogP contribution in [0.4, 0.5) is 37.7 Å². The average Bonchev–Trinajstić information content (AvgIpc) is 2.94. The van der Waals surface area contributed by atoms with Crippen LogP contribution >= 0.6 is 0 Å². The molecular weight excluding hydrogens is 709 g/mol. The number of aliphatic carboxylic acids is 2. The molecule has 0 bridgehead atoms. The molecular formula is C33H34CoF6N2O7. The van der Waals surface area contributed by atoms with E-state index in [9.17, 15) is 36.6 Å². The van der Waals surface area contributed by atoms with Gasteiger partial charge >= 0.3 is 29.1 Å². The van der Waals surface area contributed by atoms with Crippen LogP contribution in [0.3, 0.4) is 0 Å². The third kappa shape index (κ3) is 14.2. The Hall–Kier alpha value is -4.57. The molecule has 3 rings (SSSR count). The van der Waals surface area contributed by atoms with Crippen LogP contribution in [0.1, 0.15) is 86.8 Å². The predicted octanol–water partition coefficient (Wildman–Crippen LogP) is 6.40. The number of methoxy groups -OCH3 is 1. The zero-order valence-electron chi connectivity index (χ0n) is 27.3. The molecule has 1 radical (unpaired) electrons. The number of ether oxygens (including phenoxy) is 1. The summed E-state index contributed by atoms with van der Waals surface area (Å²) in [6, 6.07) is 7.67. The van der Waals surface area contributed by atoms with E-state index in [2.05, 4.69) is 9.98 Å². The van der Waals surface area contributed by atoms with Gasteiger partial charge in [0.2, 0.25) is 0 Å². The zero-order chi connectivity index (χ0) is 37.1. The van der Waals surface area contributed by atoms with Crippen molar-refractivity contribution >= 4 is 35.7 Å². The Morgan fingerprint density at radius 1 is 0.714 bits per heavy atom. The predicted molar refractivity (Wildman–Crippen MR) is 163 cm³/mol. The fourth-order valence-electron chi connectivity index (χ4n) is 3.89. The van der Waals surface area contributed by atoms with Crippen LogP contribution < -0.4 is 14.9 Å². The van der Waals surface area contributed by atoms with Gasteiger partial charge < -0.3 is 34.8 Å². The fourth-order valence-corrected chi connectivity index (χ4v) is 3.89. The first-order valence-corrected chi connectivity index (χ1v) is 14.0. The second-order valence-corrected chi connectivity index (χ2v) is 10.7. The number of nitrogens with zero attached hydrogens (tertiary/aromatic N) is 2. The first kappa shape index (κ1) is 44.4. The number of hydrogen-bond donors (Lipinski definition) is 2. The number of rotatable bonds is 7. The van der Waals surface area contributed by atoms with Crippen LogP contribution in [0.5, 0.6) is 17.2 Å². The molecule has 0 aliphatic carbocycles. The molecule has 0 atom stereocenters. The summed E-state index contributed by atoms with van der Waals surface area (Å²) >= 11 is 0. The van der Waals surface area contributed by atoms with E-state index in [0.717, 1.165) is 50.5 Å². The average molecular weight is 744 g/mol. The van der Waals surface area contributed by atoms with Gasteiger partial charge in [-0.3, -0.25) is 9.98 Å². The van der Waals surface area contributed by atoms with Crippen molar-refractivity contribution in [3.8, 4) is 17.2 Å². The molecule has 9 nitrogen and oxygen atoms in total. The first-order valence-electron chi connectivity index (χ1n) is 14.0. The summed E-state index contributed by atoms with van der Waals surface area (Å²) in [4.78, 5) is 26.2. The van der Waals surface area contributed by atoms with Gasteiger partial charge in [0, 0.05) is 41.6 Å². The van der Waals surface area contributed by atoms with Crippen LogP contribution in [0, 0.1) is 0 Å². The number of carboxylic acid groups (broad SMARTS) is 2. The Morgan fingerprint density at radius 3 is 1.37 bits per heavy atom. The number of aromatic hydroxyl groups is 2. The summed E-state index contributed by atoms with van der Waals surface area (Å²) in [5.41, 5.74) is -1.89. The van der Waals surface area contributed by atoms with Gasteiger partial charge in [-0.1, -0.05) is 27.7 Å². The largest absolute Gasteiger partial charge is 2.00 e. The molecule has 0 saturated heterocycles. The summed E-state index contributed by atoms with van der Waals surface area (Å²) in [5, 5.41) is 39.0. The number of benzene rings is 3. The van der Waals surface area contributed by atoms with Gasteiger partial charge in [-0.05, 0) is 73.2 Å². The molecule has 0 unspecified atom stereocenters. The van der Waals surface area contributed by atoms with Crippen LogP contribution in [0.2, 0.25) is 0 Å². The third-order valence-electron chi connectivity index (χ3n) is 6.10. The number of carboxylic acids is 2. The van der Waals surface area contributed by atoms with Gasteiger partial charge in [-0.25, -0.2) is 0 Å². The minimum atomic E-state index is -4.66. The minimum absolute atomic E-state index is 0. The van der Waals surface area contributed by atoms with Crippen LogP contribution in [-0.4, -0.2) is 41.7 Å². The molecule has 3 aromatic carbocycles. The van der Waals surface area contributed by atoms with E-state index >= 15 is 0 Å². The van der Waals surface area contributed by atoms with Crippen molar-refractivity contribution in [2.75, 3.05) is 7.11 Å². The number of alkyl halides is 6. The summed E-state index contributed by atoms with van der Waals surface area (Å²) < 4.78 is 86.1. The van der Waals surface area contributed by atoms with Crippen molar-refractivity contribution < 1.29 is 77.9 Å². The van der Waals surface area contributed by atoms with Gasteiger partial charge in [-0.15, -0.1) is 0 Å². The van der Waals surface area contributed by atoms with Crippen LogP contribution in [0.15, 0.2) is 52.4 Å². The maximum absolute atomic E-state index is 13.5. The van der Waals surface area contributed by atoms with E-state index in [0.29, 0.717) is 5.75 Å². The van der Waals surface area contributed by atoms with Crippen molar-refractivity contribution in [3.63, 3.8) is 0 Å². The number of aliphatic imine (C=N–C) groups is 2. The van der Waals surface area contributed by atoms with E-state index in [1.54, 1.807) is 27.7 Å². The normalized spacial score (nSPS) is 11.5. The molecule has 0 heterocycles. The van der Waals surface area contributed by atoms with E-state index in [-0.39, 0.29) is 61.9 Å². The molecule has 0 spiro atoms. The Bertz CT molecular complexity index is 1630. The van der Waals surface area contributed by atoms with Gasteiger partial charge in [0.15, 0.2) is 0 Å². The smallest absolute Gasteiger partial charge is 0.550 e. The molecule has 49 heavy (non-hydrogen) atoms. The summed E-state index contributed by atoms with van der Waals surface area (Å²) in [6.07, 6.45) is -7.22. The maximum atomic E-state index is 13.5. The van der Waals surface area contributed by atoms with Crippen LogP contribution in [0.25, 0.3) is 0 Å². The molecule has 0 aromatic heterocycles. The number of phenols is 2. The SMILES string of the molecule is CC(=O)[O-].CC(=O)[O-].COc1ccc(N=Cc2cc(C(F)(F)F)cc(C(C)C)c2O)c(N=Cc2cc(C(F)(F)F)cc(C(C)C)c2O)c1.[Co+2]. The molecule has 0 amide bonds. The fraction of sp³-hybridized carbons (Fsp3) is 0.333. The third-order valence-corrected chi connectivity index (χ3v) is 6.10. The second kappa shape index (κ2) is 18.8. The Balaban J connectivity index is 0.00000230. The zero-order valence-corrected chi connectivity index (χ0v) is 28.3. The summed E-state index contributed by atoms with van der Waals surface area (Å²) in [5.74, 6) is -3.39. The summed E-state index contributed by atoms with van der Waals surface area (Å²) in [6.45, 7) is 8.50. The molecule has 269 valence electrons. The molecule has 0 fully saturated rings. The van der Waals surface area contributed by atoms with E-state index < -0.39 is 47.3 Å². The topological polar surface area (TPSA) is 155 Å². The quantitative estimate of drug-likeness (QED) is 0.210. The van der Waals surface area contributed by atoms with Crippen molar-refractivity contribution in [2.24, 2.45) is 9.98 Å². The van der Waals surface area contributed by atoms with Crippen molar-refractivity contribution in [1.82, 2.24) is 0 Å². The van der Waals surface area contributed by atoms with Crippen LogP contribution in [-0.2, 0) is 38.7 Å². The number of carbonyl (C=O) groups is 2. The standard InChI is InChI=1S/C29H28F6N2O3.2C2H4O2.Co/c1-15(2)22-10-19(28(30,31)32)8-17(26(22)38)13-36-24-7-6-21(40-5)12-25(24)37-14-18-9-20(29(33,34)35)11-23(16(3)4)27(18)39;2*1-2(3)4;/h6-16,38-39H,1-5H3;2*1H3,(H,3,4);/q;;;+2/p-2. The van der Waals surface area contributed by atoms with Crippen molar-refractivity contribution in [2.45, 2.75) is 65.7 Å². The monoisotopic (exact) mass is 743 g/mol. The van der Waals surface area contributed by atoms with Gasteiger partial charge in [-0.2, -0.15) is 26.3 Å².